The molecule has 4 aliphatic rings. The minimum Gasteiger partial charge on any atom is -0.504 e. The number of phenolic OH excluding ortho intramolecular Hbond substituents is 1. The van der Waals surface area contributed by atoms with Crippen LogP contribution in [0.25, 0.3) is 0 Å². The molecular formula is C31H41N3O4. The van der Waals surface area contributed by atoms with E-state index in [1.807, 2.05) is 44.2 Å². The first kappa shape index (κ1) is 26.7. The number of aryl methyl sites for hydroxylation is 2. The number of anilines is 1. The average Bonchev–Trinajstić information content (AvgIpc) is 3.26. The van der Waals surface area contributed by atoms with E-state index in [0.717, 1.165) is 49.3 Å². The molecule has 2 aliphatic heterocycles. The topological polar surface area (TPSA) is 85.3 Å². The molecule has 2 heterocycles. The number of para-hydroxylation sites is 1. The highest BCUT2D eigenvalue weighted by Gasteiger charge is 2.64. The van der Waals surface area contributed by atoms with E-state index in [-0.39, 0.29) is 23.2 Å². The lowest BCUT2D eigenvalue weighted by molar-refractivity contribution is -0.117. The zero-order valence-corrected chi connectivity index (χ0v) is 23.2. The van der Waals surface area contributed by atoms with E-state index in [1.165, 1.54) is 11.1 Å². The first-order valence-electron chi connectivity index (χ1n) is 13.9. The normalized spacial score (nSPS) is 28.3. The van der Waals surface area contributed by atoms with Crippen LogP contribution < -0.4 is 10.1 Å². The van der Waals surface area contributed by atoms with Crippen LogP contribution in [0.4, 0.5) is 5.69 Å². The number of rotatable bonds is 5. The van der Waals surface area contributed by atoms with Crippen LogP contribution >= 0.6 is 0 Å². The van der Waals surface area contributed by atoms with Gasteiger partial charge in [0.15, 0.2) is 11.5 Å². The molecular weight excluding hydrogens is 478 g/mol. The summed E-state index contributed by atoms with van der Waals surface area (Å²) in [6.07, 6.45) is 5.18. The second-order valence-electron chi connectivity index (χ2n) is 11.2. The Labute approximate surface area is 226 Å². The Balaban J connectivity index is 0.000000160. The molecule has 204 valence electrons. The number of piperidine rings is 1. The van der Waals surface area contributed by atoms with Gasteiger partial charge in [-0.1, -0.05) is 50.3 Å². The quantitative estimate of drug-likeness (QED) is 0.522. The first-order chi connectivity index (χ1) is 18.2. The van der Waals surface area contributed by atoms with Gasteiger partial charge in [-0.15, -0.1) is 0 Å². The molecule has 2 aliphatic carbocycles. The number of benzene rings is 2. The Morgan fingerprint density at radius 2 is 1.87 bits per heavy atom. The monoisotopic (exact) mass is 519 g/mol. The largest absolute Gasteiger partial charge is 0.504 e. The van der Waals surface area contributed by atoms with E-state index in [2.05, 4.69) is 42.1 Å². The second kappa shape index (κ2) is 10.4. The van der Waals surface area contributed by atoms with Crippen LogP contribution in [0.2, 0.25) is 0 Å². The Hall–Kier alpha value is -2.87. The molecule has 1 fully saturated rings. The molecule has 0 saturated carbocycles. The number of ether oxygens (including phenoxy) is 1. The van der Waals surface area contributed by atoms with Gasteiger partial charge in [0.2, 0.25) is 5.91 Å². The van der Waals surface area contributed by atoms with Crippen molar-refractivity contribution >= 4 is 11.6 Å². The van der Waals surface area contributed by atoms with Crippen molar-refractivity contribution < 1.29 is 19.7 Å². The maximum absolute atomic E-state index is 11.9. The van der Waals surface area contributed by atoms with Gasteiger partial charge < -0.3 is 25.2 Å². The molecule has 2 aromatic rings. The summed E-state index contributed by atoms with van der Waals surface area (Å²) in [5, 5.41) is 23.6. The summed E-state index contributed by atoms with van der Waals surface area (Å²) >= 11 is 0. The Bertz CT molecular complexity index is 1220. The van der Waals surface area contributed by atoms with Crippen molar-refractivity contribution in [3.63, 3.8) is 0 Å². The molecule has 1 saturated heterocycles. The van der Waals surface area contributed by atoms with E-state index >= 15 is 0 Å². The van der Waals surface area contributed by atoms with Gasteiger partial charge in [-0.2, -0.15) is 0 Å². The van der Waals surface area contributed by atoms with Gasteiger partial charge in [0.05, 0.1) is 6.54 Å². The number of likely N-dealkylation sites (tertiary alicyclic amines) is 1. The lowest BCUT2D eigenvalue weighted by atomic mass is 9.53. The predicted octanol–water partition coefficient (Wildman–Crippen LogP) is 3.78. The van der Waals surface area contributed by atoms with Gasteiger partial charge >= 0.3 is 0 Å². The zero-order chi connectivity index (χ0) is 27.2. The van der Waals surface area contributed by atoms with Crippen LogP contribution in [0.1, 0.15) is 42.5 Å². The molecule has 3 N–H and O–H groups in total. The number of nitrogens with zero attached hydrogens (tertiary/aromatic N) is 2. The lowest BCUT2D eigenvalue weighted by Crippen LogP contribution is -2.64. The van der Waals surface area contributed by atoms with Crippen LogP contribution in [0.3, 0.4) is 0 Å². The Morgan fingerprint density at radius 1 is 1.16 bits per heavy atom. The maximum Gasteiger partial charge on any atom is 0.238 e. The van der Waals surface area contributed by atoms with E-state index in [1.54, 1.807) is 6.07 Å². The molecule has 0 radical (unpaired) electrons. The highest BCUT2D eigenvalue weighted by molar-refractivity contribution is 5.93. The number of aromatic hydroxyl groups is 1. The summed E-state index contributed by atoms with van der Waals surface area (Å²) in [5.74, 6) is 1.25. The predicted molar refractivity (Wildman–Crippen MR) is 150 cm³/mol. The Kier molecular flexibility index (Phi) is 7.29. The third-order valence-corrected chi connectivity index (χ3v) is 9.16. The van der Waals surface area contributed by atoms with Gasteiger partial charge in [-0.3, -0.25) is 9.69 Å². The number of nitrogens with one attached hydrogen (secondary N) is 1. The molecule has 2 bridgehead atoms. The molecule has 6 rings (SSSR count). The highest BCUT2D eigenvalue weighted by atomic mass is 16.5. The lowest BCUT2D eigenvalue weighted by Gasteiger charge is -2.56. The van der Waals surface area contributed by atoms with Crippen molar-refractivity contribution in [2.45, 2.75) is 64.2 Å². The van der Waals surface area contributed by atoms with Crippen LogP contribution in [0.15, 0.2) is 42.5 Å². The molecule has 38 heavy (non-hydrogen) atoms. The number of carbonyl (C=O) groups is 1. The first-order valence-corrected chi connectivity index (χ1v) is 13.9. The van der Waals surface area contributed by atoms with Crippen molar-refractivity contribution in [1.29, 1.82) is 0 Å². The fourth-order valence-electron chi connectivity index (χ4n) is 7.08. The number of carbonyl (C=O) groups excluding carboxylic acids is 1. The molecule has 5 atom stereocenters. The van der Waals surface area contributed by atoms with E-state index < -0.39 is 6.10 Å². The zero-order valence-electron chi connectivity index (χ0n) is 23.2. The molecule has 2 aromatic carbocycles. The van der Waals surface area contributed by atoms with E-state index in [0.29, 0.717) is 24.3 Å². The smallest absolute Gasteiger partial charge is 0.238 e. The number of aliphatic hydroxyl groups is 1. The molecule has 1 amide bonds. The maximum atomic E-state index is 11.9. The summed E-state index contributed by atoms with van der Waals surface area (Å²) < 4.78 is 6.09. The van der Waals surface area contributed by atoms with Crippen LogP contribution in [-0.4, -0.2) is 77.4 Å². The number of hydrogen-bond acceptors (Lipinski definition) is 6. The van der Waals surface area contributed by atoms with Crippen molar-refractivity contribution in [3.8, 4) is 11.5 Å². The van der Waals surface area contributed by atoms with Crippen molar-refractivity contribution in [1.82, 2.24) is 9.80 Å². The molecule has 0 unspecified atom stereocenters. The van der Waals surface area contributed by atoms with Crippen molar-refractivity contribution in [2.24, 2.45) is 5.92 Å². The van der Waals surface area contributed by atoms with Gasteiger partial charge in [0, 0.05) is 28.6 Å². The second-order valence-corrected chi connectivity index (χ2v) is 11.2. The molecule has 1 spiro atoms. The Morgan fingerprint density at radius 3 is 2.55 bits per heavy atom. The number of aliphatic hydroxyl groups excluding tert-OH is 1. The van der Waals surface area contributed by atoms with Gasteiger partial charge in [0.1, 0.15) is 12.2 Å². The molecule has 7 heteroatoms. The molecule has 0 aromatic heterocycles. The third-order valence-electron chi connectivity index (χ3n) is 9.16. The van der Waals surface area contributed by atoms with Crippen molar-refractivity contribution in [2.75, 3.05) is 38.5 Å². The minimum absolute atomic E-state index is 0.0612. The summed E-state index contributed by atoms with van der Waals surface area (Å²) in [5.41, 5.74) is 5.46. The van der Waals surface area contributed by atoms with Crippen LogP contribution in [0, 0.1) is 19.8 Å². The average molecular weight is 520 g/mol. The standard InChI is InChI=1S/C17H19NO3.C14H22N2O/c1-18-7-6-17-10-3-5-13(20)16(17)21-15-12(19)4-2-9(14(15)17)8-11(10)18;1-5-16(6-2)10-13(17)15-14-11(3)8-7-9-12(14)4/h2-5,10-11,13,16,19-20H,6-8H2,1H3;7-9H,5-6,10H2,1-4H3,(H,15,17)/t10-,11+,13-,16-,17-;/m0./s1. The van der Waals surface area contributed by atoms with E-state index in [4.69, 9.17) is 4.74 Å². The summed E-state index contributed by atoms with van der Waals surface area (Å²) in [6.45, 7) is 11.4. The van der Waals surface area contributed by atoms with Gasteiger partial charge in [0.25, 0.3) is 0 Å². The number of hydrogen-bond donors (Lipinski definition) is 3. The number of phenols is 1. The summed E-state index contributed by atoms with van der Waals surface area (Å²) in [6, 6.07) is 10.3. The SMILES string of the molecule is CCN(CC)CC(=O)Nc1c(C)cccc1C.CN1CC[C@]23c4c5ccc(O)c4O[C@H]2[C@@H](O)C=C[C@H]3[C@H]1C5. The third kappa shape index (κ3) is 4.31. The van der Waals surface area contributed by atoms with E-state index in [9.17, 15) is 15.0 Å². The summed E-state index contributed by atoms with van der Waals surface area (Å²) in [7, 11) is 2.19. The van der Waals surface area contributed by atoms with Gasteiger partial charge in [-0.25, -0.2) is 0 Å². The fraction of sp³-hybridized carbons (Fsp3) is 0.516. The minimum atomic E-state index is -0.594. The van der Waals surface area contributed by atoms with Gasteiger partial charge in [-0.05, 0) is 76.1 Å². The van der Waals surface area contributed by atoms with Crippen molar-refractivity contribution in [3.05, 3.63) is 64.7 Å². The summed E-state index contributed by atoms with van der Waals surface area (Å²) in [4.78, 5) is 16.4. The molecule has 7 nitrogen and oxygen atoms in total. The van der Waals surface area contributed by atoms with Crippen LogP contribution in [-0.2, 0) is 16.6 Å². The number of likely N-dealkylation sites (N-methyl/N-ethyl adjacent to an activating group) is 2. The number of amides is 1. The fourth-order valence-corrected chi connectivity index (χ4v) is 7.08. The highest BCUT2D eigenvalue weighted by Crippen LogP contribution is 2.62. The van der Waals surface area contributed by atoms with Crippen LogP contribution in [0.5, 0.6) is 11.5 Å².